The van der Waals surface area contributed by atoms with Crippen LogP contribution in [0.4, 0.5) is 18.9 Å². The SMILES string of the molecule is O=[N+]([O-])c1cc(OCCN2CC3CC2CN3)cc(C(F)(F)F)c1. The second-order valence-electron chi connectivity index (χ2n) is 5.81. The van der Waals surface area contributed by atoms with E-state index in [-0.39, 0.29) is 12.4 Å². The van der Waals surface area contributed by atoms with Crippen molar-refractivity contribution in [1.29, 1.82) is 0 Å². The van der Waals surface area contributed by atoms with Gasteiger partial charge in [-0.15, -0.1) is 0 Å². The van der Waals surface area contributed by atoms with Crippen molar-refractivity contribution in [1.82, 2.24) is 10.2 Å². The predicted molar refractivity (Wildman–Crippen MR) is 75.4 cm³/mol. The van der Waals surface area contributed by atoms with E-state index in [2.05, 4.69) is 10.2 Å². The zero-order valence-corrected chi connectivity index (χ0v) is 12.2. The van der Waals surface area contributed by atoms with Crippen molar-refractivity contribution in [3.05, 3.63) is 33.9 Å². The number of nitro groups is 1. The molecule has 2 fully saturated rings. The number of ether oxygens (including phenoxy) is 1. The highest BCUT2D eigenvalue weighted by atomic mass is 19.4. The summed E-state index contributed by atoms with van der Waals surface area (Å²) < 4.78 is 43.7. The van der Waals surface area contributed by atoms with Gasteiger partial charge in [-0.1, -0.05) is 0 Å². The largest absolute Gasteiger partial charge is 0.492 e. The van der Waals surface area contributed by atoms with Gasteiger partial charge >= 0.3 is 6.18 Å². The minimum Gasteiger partial charge on any atom is -0.492 e. The van der Waals surface area contributed by atoms with Gasteiger partial charge < -0.3 is 10.1 Å². The number of non-ortho nitro benzene ring substituents is 1. The van der Waals surface area contributed by atoms with Crippen LogP contribution >= 0.6 is 0 Å². The highest BCUT2D eigenvalue weighted by Crippen LogP contribution is 2.34. The van der Waals surface area contributed by atoms with Crippen LogP contribution in [0, 0.1) is 10.1 Å². The van der Waals surface area contributed by atoms with Gasteiger partial charge in [0.05, 0.1) is 16.6 Å². The van der Waals surface area contributed by atoms with Gasteiger partial charge in [0.2, 0.25) is 0 Å². The maximum absolute atomic E-state index is 12.8. The summed E-state index contributed by atoms with van der Waals surface area (Å²) in [5, 5.41) is 14.1. The number of benzene rings is 1. The highest BCUT2D eigenvalue weighted by Gasteiger charge is 2.37. The predicted octanol–water partition coefficient (Wildman–Crippen LogP) is 2.04. The van der Waals surface area contributed by atoms with Gasteiger partial charge in [0.15, 0.2) is 0 Å². The van der Waals surface area contributed by atoms with E-state index >= 15 is 0 Å². The maximum atomic E-state index is 12.8. The van der Waals surface area contributed by atoms with Gasteiger partial charge in [-0.05, 0) is 12.5 Å². The molecule has 0 aromatic heterocycles. The second kappa shape index (κ2) is 5.97. The van der Waals surface area contributed by atoms with Gasteiger partial charge in [-0.2, -0.15) is 13.2 Å². The zero-order chi connectivity index (χ0) is 16.6. The van der Waals surface area contributed by atoms with Crippen LogP contribution in [0.1, 0.15) is 12.0 Å². The van der Waals surface area contributed by atoms with Crippen LogP contribution in [0.5, 0.6) is 5.75 Å². The monoisotopic (exact) mass is 331 g/mol. The van der Waals surface area contributed by atoms with Crippen molar-refractivity contribution in [2.75, 3.05) is 26.2 Å². The lowest BCUT2D eigenvalue weighted by Gasteiger charge is -2.27. The van der Waals surface area contributed by atoms with E-state index in [0.717, 1.165) is 31.6 Å². The van der Waals surface area contributed by atoms with Crippen LogP contribution in [0.25, 0.3) is 0 Å². The molecule has 23 heavy (non-hydrogen) atoms. The van der Waals surface area contributed by atoms with Crippen molar-refractivity contribution < 1.29 is 22.8 Å². The molecular formula is C14H16F3N3O3. The summed E-state index contributed by atoms with van der Waals surface area (Å²) in [5.74, 6) is -0.131. The molecule has 2 atom stereocenters. The number of likely N-dealkylation sites (tertiary alicyclic amines) is 1. The number of hydrogen-bond acceptors (Lipinski definition) is 5. The number of nitro benzene ring substituents is 1. The van der Waals surface area contributed by atoms with Crippen LogP contribution < -0.4 is 10.1 Å². The molecule has 6 nitrogen and oxygen atoms in total. The molecule has 0 saturated carbocycles. The molecule has 0 spiro atoms. The number of nitrogens with one attached hydrogen (secondary N) is 1. The molecule has 0 radical (unpaired) electrons. The molecule has 1 aromatic carbocycles. The lowest BCUT2D eigenvalue weighted by molar-refractivity contribution is -0.385. The smallest absolute Gasteiger partial charge is 0.416 e. The van der Waals surface area contributed by atoms with Crippen LogP contribution in [-0.2, 0) is 6.18 Å². The minimum atomic E-state index is -4.65. The number of hydrogen-bond donors (Lipinski definition) is 1. The first-order valence-corrected chi connectivity index (χ1v) is 7.30. The summed E-state index contributed by atoms with van der Waals surface area (Å²) in [7, 11) is 0. The summed E-state index contributed by atoms with van der Waals surface area (Å²) >= 11 is 0. The van der Waals surface area contributed by atoms with Crippen molar-refractivity contribution in [2.45, 2.75) is 24.7 Å². The van der Waals surface area contributed by atoms with Gasteiger partial charge in [-0.3, -0.25) is 15.0 Å². The quantitative estimate of drug-likeness (QED) is 0.661. The van der Waals surface area contributed by atoms with E-state index in [1.54, 1.807) is 0 Å². The molecular weight excluding hydrogens is 315 g/mol. The average Bonchev–Trinajstić information content (AvgIpc) is 3.08. The molecule has 1 aromatic rings. The third-order valence-corrected chi connectivity index (χ3v) is 4.25. The summed E-state index contributed by atoms with van der Waals surface area (Å²) in [6.45, 7) is 2.60. The number of alkyl halides is 3. The Labute approximate surface area is 130 Å². The van der Waals surface area contributed by atoms with Crippen LogP contribution in [0.2, 0.25) is 0 Å². The molecule has 2 aliphatic heterocycles. The summed E-state index contributed by atoms with van der Waals surface area (Å²) in [4.78, 5) is 12.1. The summed E-state index contributed by atoms with van der Waals surface area (Å²) in [6.07, 6.45) is -3.57. The van der Waals surface area contributed by atoms with Crippen molar-refractivity contribution in [2.24, 2.45) is 0 Å². The van der Waals surface area contributed by atoms with Crippen LogP contribution in [0.15, 0.2) is 18.2 Å². The minimum absolute atomic E-state index is 0.131. The van der Waals surface area contributed by atoms with Crippen LogP contribution in [-0.4, -0.2) is 48.1 Å². The Morgan fingerprint density at radius 2 is 2.17 bits per heavy atom. The summed E-state index contributed by atoms with van der Waals surface area (Å²) in [5.41, 5.74) is -1.70. The lowest BCUT2D eigenvalue weighted by atomic mass is 10.2. The second-order valence-corrected chi connectivity index (χ2v) is 5.81. The van der Waals surface area contributed by atoms with E-state index in [4.69, 9.17) is 4.74 Å². The number of piperazine rings is 1. The first kappa shape index (κ1) is 16.0. The van der Waals surface area contributed by atoms with Gasteiger partial charge in [-0.25, -0.2) is 0 Å². The lowest BCUT2D eigenvalue weighted by Crippen LogP contribution is -2.45. The fraction of sp³-hybridized carbons (Fsp3) is 0.571. The summed E-state index contributed by atoms with van der Waals surface area (Å²) in [6, 6.07) is 3.25. The Kier molecular flexibility index (Phi) is 4.15. The normalized spacial score (nSPS) is 24.1. The Morgan fingerprint density at radius 3 is 2.74 bits per heavy atom. The number of fused-ring (bicyclic) bond motifs is 2. The van der Waals surface area contributed by atoms with Gasteiger partial charge in [0.1, 0.15) is 12.4 Å². The number of nitrogens with zero attached hydrogens (tertiary/aromatic N) is 2. The Balaban J connectivity index is 1.64. The topological polar surface area (TPSA) is 67.6 Å². The van der Waals surface area contributed by atoms with E-state index in [0.29, 0.717) is 24.7 Å². The Morgan fingerprint density at radius 1 is 1.39 bits per heavy atom. The maximum Gasteiger partial charge on any atom is 0.416 e. The van der Waals surface area contributed by atoms with E-state index in [9.17, 15) is 23.3 Å². The highest BCUT2D eigenvalue weighted by molar-refractivity contribution is 5.43. The number of halogens is 3. The molecule has 3 rings (SSSR count). The van der Waals surface area contributed by atoms with E-state index < -0.39 is 22.4 Å². The fourth-order valence-electron chi connectivity index (χ4n) is 3.14. The van der Waals surface area contributed by atoms with Gasteiger partial charge in [0.25, 0.3) is 5.69 Å². The van der Waals surface area contributed by atoms with Crippen LogP contribution in [0.3, 0.4) is 0 Å². The molecule has 2 heterocycles. The van der Waals surface area contributed by atoms with Crippen molar-refractivity contribution >= 4 is 5.69 Å². The molecule has 2 aliphatic rings. The first-order chi connectivity index (χ1) is 10.8. The zero-order valence-electron chi connectivity index (χ0n) is 12.2. The standard InChI is InChI=1S/C14H16F3N3O3/c15-14(16,17)9-3-11(20(21)22)6-13(4-9)23-2-1-19-8-10-5-12(19)7-18-10/h3-4,6,10,12,18H,1-2,5,7-8H2. The van der Waals surface area contributed by atoms with Crippen molar-refractivity contribution in [3.8, 4) is 5.75 Å². The molecule has 126 valence electrons. The molecule has 2 unspecified atom stereocenters. The Hall–Kier alpha value is -1.87. The molecule has 2 bridgehead atoms. The first-order valence-electron chi connectivity index (χ1n) is 7.30. The third kappa shape index (κ3) is 3.56. The third-order valence-electron chi connectivity index (χ3n) is 4.25. The molecule has 2 saturated heterocycles. The average molecular weight is 331 g/mol. The van der Waals surface area contributed by atoms with E-state index in [1.807, 2.05) is 0 Å². The molecule has 0 aliphatic carbocycles. The molecule has 9 heteroatoms. The molecule has 1 N–H and O–H groups in total. The Bertz CT molecular complexity index is 609. The molecule has 0 amide bonds. The number of rotatable bonds is 5. The van der Waals surface area contributed by atoms with Crippen molar-refractivity contribution in [3.63, 3.8) is 0 Å². The van der Waals surface area contributed by atoms with E-state index in [1.165, 1.54) is 0 Å². The van der Waals surface area contributed by atoms with Gasteiger partial charge in [0, 0.05) is 37.8 Å². The fourth-order valence-corrected chi connectivity index (χ4v) is 3.14.